The SMILES string of the molecule is CC(C)(C)[Si](C)(C)Oc1cccc(C2=NCc3ncnc(N)c32)c1.Nc1ncnc2c1C(c1cccc(O)c1)=NC2.OB(O)c1cccc(O)c1. The molecule has 4 heterocycles. The number of phenolic OH excluding ortho intramolecular Hbond substituents is 2. The van der Waals surface area contributed by atoms with Crippen molar-refractivity contribution in [2.75, 3.05) is 11.5 Å². The first kappa shape index (κ1) is 36.6. The number of aromatic nitrogens is 4. The second kappa shape index (κ2) is 15.1. The van der Waals surface area contributed by atoms with Gasteiger partial charge in [-0.1, -0.05) is 57.2 Å². The van der Waals surface area contributed by atoms with Gasteiger partial charge in [0.2, 0.25) is 8.32 Å². The van der Waals surface area contributed by atoms with Crippen LogP contribution in [0.25, 0.3) is 0 Å². The van der Waals surface area contributed by atoms with E-state index in [0.717, 1.165) is 50.8 Å². The topological polar surface area (TPSA) is 218 Å². The summed E-state index contributed by atoms with van der Waals surface area (Å²) in [6.07, 6.45) is 2.93. The lowest BCUT2D eigenvalue weighted by atomic mass is 9.80. The predicted molar refractivity (Wildman–Crippen MR) is 202 cm³/mol. The van der Waals surface area contributed by atoms with Crippen LogP contribution in [0.5, 0.6) is 17.2 Å². The molecule has 0 bridgehead atoms. The summed E-state index contributed by atoms with van der Waals surface area (Å²) in [6.45, 7) is 12.2. The predicted octanol–water partition coefficient (Wildman–Crippen LogP) is 3.98. The van der Waals surface area contributed by atoms with Gasteiger partial charge in [0.25, 0.3) is 0 Å². The molecule has 2 aliphatic rings. The molecule has 0 radical (unpaired) electrons. The van der Waals surface area contributed by atoms with Crippen LogP contribution in [0.4, 0.5) is 11.6 Å². The number of hydrogen-bond donors (Lipinski definition) is 6. The third-order valence-corrected chi connectivity index (χ3v) is 13.1. The van der Waals surface area contributed by atoms with Crippen molar-refractivity contribution in [3.8, 4) is 17.2 Å². The van der Waals surface area contributed by atoms with Crippen LogP contribution in [0.1, 0.15) is 54.4 Å². The van der Waals surface area contributed by atoms with Crippen molar-refractivity contribution < 1.29 is 24.7 Å². The number of aromatic hydroxyl groups is 2. The molecule has 0 fully saturated rings. The molecule has 51 heavy (non-hydrogen) atoms. The lowest BCUT2D eigenvalue weighted by Crippen LogP contribution is -2.43. The molecular weight excluding hydrogens is 663 g/mol. The van der Waals surface area contributed by atoms with Gasteiger partial charge in [0, 0.05) is 11.1 Å². The van der Waals surface area contributed by atoms with Crippen molar-refractivity contribution >= 4 is 44.0 Å². The smallest absolute Gasteiger partial charge is 0.488 e. The molecule has 2 aromatic heterocycles. The van der Waals surface area contributed by atoms with Gasteiger partial charge in [0.1, 0.15) is 41.5 Å². The molecular formula is C36H41BN8O5Si. The van der Waals surface area contributed by atoms with Crippen LogP contribution in [0.3, 0.4) is 0 Å². The van der Waals surface area contributed by atoms with Crippen molar-refractivity contribution in [1.82, 2.24) is 19.9 Å². The highest BCUT2D eigenvalue weighted by molar-refractivity contribution is 6.74. The molecule has 13 nitrogen and oxygen atoms in total. The minimum absolute atomic E-state index is 0.0330. The highest BCUT2D eigenvalue weighted by atomic mass is 28.4. The molecule has 15 heteroatoms. The summed E-state index contributed by atoms with van der Waals surface area (Å²) >= 11 is 0. The van der Waals surface area contributed by atoms with Crippen LogP contribution in [-0.2, 0) is 13.1 Å². The van der Waals surface area contributed by atoms with E-state index in [2.05, 4.69) is 63.8 Å². The lowest BCUT2D eigenvalue weighted by Gasteiger charge is -2.36. The summed E-state index contributed by atoms with van der Waals surface area (Å²) < 4.78 is 6.41. The van der Waals surface area contributed by atoms with E-state index < -0.39 is 15.4 Å². The van der Waals surface area contributed by atoms with Crippen LogP contribution in [0, 0.1) is 0 Å². The Bertz CT molecular complexity index is 2100. The van der Waals surface area contributed by atoms with E-state index in [0.29, 0.717) is 30.2 Å². The monoisotopic (exact) mass is 704 g/mol. The Balaban J connectivity index is 0.000000162. The maximum absolute atomic E-state index is 9.47. The van der Waals surface area contributed by atoms with Gasteiger partial charge in [0.05, 0.1) is 47.0 Å². The minimum Gasteiger partial charge on any atom is -0.543 e. The van der Waals surface area contributed by atoms with E-state index in [-0.39, 0.29) is 16.5 Å². The Kier molecular flexibility index (Phi) is 10.8. The van der Waals surface area contributed by atoms with Crippen LogP contribution in [0.2, 0.25) is 18.1 Å². The Morgan fingerprint density at radius 1 is 0.686 bits per heavy atom. The third-order valence-electron chi connectivity index (χ3n) is 8.73. The molecule has 0 aliphatic carbocycles. The first-order valence-electron chi connectivity index (χ1n) is 16.2. The number of anilines is 2. The standard InChI is InChI=1S/C18H24N4OSi.C12H10N4O.C6H7BO3/c1-18(2,3)24(4,5)23-13-8-6-7-12(9-13)16-15-14(10-20-16)21-11-22-17(15)19;13-12-10-9(15-6-16-12)5-14-11(10)7-2-1-3-8(17)4-7;8-6-3-1-2-5(4-6)7(9)10/h6-9,11H,10H2,1-5H3,(H2,19,21,22);1-4,6,17H,5H2,(H2,13,15,16);1-4,8-10H. The van der Waals surface area contributed by atoms with Gasteiger partial charge in [-0.15, -0.1) is 0 Å². The van der Waals surface area contributed by atoms with Crippen molar-refractivity contribution in [2.24, 2.45) is 9.98 Å². The zero-order chi connectivity index (χ0) is 36.9. The van der Waals surface area contributed by atoms with E-state index >= 15 is 0 Å². The minimum atomic E-state index is -1.88. The zero-order valence-corrected chi connectivity index (χ0v) is 30.1. The van der Waals surface area contributed by atoms with E-state index in [1.165, 1.54) is 30.9 Å². The van der Waals surface area contributed by atoms with E-state index in [1.54, 1.807) is 24.3 Å². The summed E-state index contributed by atoms with van der Waals surface area (Å²) in [4.78, 5) is 25.5. The number of benzene rings is 3. The van der Waals surface area contributed by atoms with E-state index in [4.69, 9.17) is 31.0 Å². The van der Waals surface area contributed by atoms with Crippen LogP contribution in [-0.4, -0.2) is 67.1 Å². The van der Waals surface area contributed by atoms with Gasteiger partial charge in [-0.05, 0) is 60.0 Å². The quantitative estimate of drug-likeness (QED) is 0.144. The van der Waals surface area contributed by atoms with E-state index in [1.807, 2.05) is 30.3 Å². The van der Waals surface area contributed by atoms with Crippen LogP contribution < -0.4 is 21.4 Å². The molecule has 3 aromatic carbocycles. The zero-order valence-electron chi connectivity index (χ0n) is 29.1. The van der Waals surface area contributed by atoms with Gasteiger partial charge in [-0.25, -0.2) is 19.9 Å². The molecule has 0 saturated heterocycles. The number of nitrogen functional groups attached to an aromatic ring is 2. The first-order valence-corrected chi connectivity index (χ1v) is 19.1. The summed E-state index contributed by atoms with van der Waals surface area (Å²) in [6, 6.07) is 20.8. The number of fused-ring (bicyclic) bond motifs is 2. The van der Waals surface area contributed by atoms with E-state index in [9.17, 15) is 5.11 Å². The van der Waals surface area contributed by atoms with Crippen molar-refractivity contribution in [3.05, 3.63) is 119 Å². The number of nitrogens with two attached hydrogens (primary N) is 2. The molecule has 5 aromatic rings. The maximum Gasteiger partial charge on any atom is 0.488 e. The Labute approximate surface area is 297 Å². The first-order chi connectivity index (χ1) is 24.1. The average molecular weight is 705 g/mol. The molecule has 7 rings (SSSR count). The van der Waals surface area contributed by atoms with Gasteiger partial charge in [-0.3, -0.25) is 9.98 Å². The number of phenols is 2. The van der Waals surface area contributed by atoms with Gasteiger partial charge in [-0.2, -0.15) is 0 Å². The summed E-state index contributed by atoms with van der Waals surface area (Å²) in [7, 11) is -3.39. The van der Waals surface area contributed by atoms with Gasteiger partial charge >= 0.3 is 7.12 Å². The molecule has 0 atom stereocenters. The largest absolute Gasteiger partial charge is 0.543 e. The molecule has 8 N–H and O–H groups in total. The van der Waals surface area contributed by atoms with Crippen LogP contribution >= 0.6 is 0 Å². The molecule has 0 amide bonds. The molecule has 0 spiro atoms. The fraction of sp³-hybridized carbons (Fsp3) is 0.222. The van der Waals surface area contributed by atoms with Crippen molar-refractivity contribution in [1.29, 1.82) is 0 Å². The molecule has 2 aliphatic heterocycles. The number of aliphatic imine (C=N–C) groups is 2. The van der Waals surface area contributed by atoms with Crippen molar-refractivity contribution in [3.63, 3.8) is 0 Å². The maximum atomic E-state index is 9.47. The number of nitrogens with zero attached hydrogens (tertiary/aromatic N) is 6. The molecule has 0 unspecified atom stereocenters. The highest BCUT2D eigenvalue weighted by Gasteiger charge is 2.39. The fourth-order valence-electron chi connectivity index (χ4n) is 5.06. The normalized spacial score (nSPS) is 13.0. The number of hydrogen-bond acceptors (Lipinski definition) is 13. The fourth-order valence-corrected chi connectivity index (χ4v) is 6.08. The van der Waals surface area contributed by atoms with Crippen molar-refractivity contribution in [2.45, 2.75) is 52.0 Å². The van der Waals surface area contributed by atoms with Gasteiger partial charge < -0.3 is 36.2 Å². The third kappa shape index (κ3) is 8.57. The summed E-state index contributed by atoms with van der Waals surface area (Å²) in [5.74, 6) is 2.02. The summed E-state index contributed by atoms with van der Waals surface area (Å²) in [5, 5.41) is 35.6. The molecule has 262 valence electrons. The second-order valence-electron chi connectivity index (χ2n) is 13.4. The number of rotatable bonds is 5. The molecule has 0 saturated carbocycles. The second-order valence-corrected chi connectivity index (χ2v) is 18.1. The lowest BCUT2D eigenvalue weighted by molar-refractivity contribution is 0.424. The average Bonchev–Trinajstić information content (AvgIpc) is 3.72. The Morgan fingerprint density at radius 2 is 1.18 bits per heavy atom. The van der Waals surface area contributed by atoms with Crippen LogP contribution in [0.15, 0.2) is 95.4 Å². The Hall–Kier alpha value is -5.64. The highest BCUT2D eigenvalue weighted by Crippen LogP contribution is 2.38. The Morgan fingerprint density at radius 3 is 1.65 bits per heavy atom. The summed E-state index contributed by atoms with van der Waals surface area (Å²) in [5.41, 5.74) is 18.9. The van der Waals surface area contributed by atoms with Gasteiger partial charge in [0.15, 0.2) is 0 Å².